The number of hydrogen-bond donors (Lipinski definition) is 2. The van der Waals surface area contributed by atoms with E-state index in [0.717, 1.165) is 93.7 Å². The van der Waals surface area contributed by atoms with Gasteiger partial charge in [-0.05, 0) is 113 Å². The number of ketones is 2. The number of amides is 1. The van der Waals surface area contributed by atoms with Gasteiger partial charge in [-0.1, -0.05) is 69.7 Å². The molecular weight excluding hydrogens is 764 g/mol. The summed E-state index contributed by atoms with van der Waals surface area (Å²) >= 11 is 7.09. The smallest absolute Gasteiger partial charge is 0.412 e. The van der Waals surface area contributed by atoms with Gasteiger partial charge in [-0.25, -0.2) is 14.6 Å². The standard InChI is InChI=1S/C20H24BrNO3.C17H19BrO2.C3H5NO/c1-4-22-19(24)25-18-17(15(23)11-20(18)9-5-6-10-20)16-12(2)7-8-14(21)13(16)3;1-10-5-6-12(18)11(2)14(10)15-13(19)9-17(16(15)20)7-3-4-8-17;1-2-4-3-5/h7-8H,4-6,9-11H2,1-3H3,(H,22,24);5-6,20H,3-4,7-9H2,1-2H3;2H2,1H3. The largest absolute Gasteiger partial charge is 0.511 e. The number of ether oxygens (including phenoxy) is 1. The van der Waals surface area contributed by atoms with Gasteiger partial charge >= 0.3 is 6.09 Å². The first kappa shape index (κ1) is 39.5. The molecule has 0 heterocycles. The van der Waals surface area contributed by atoms with E-state index in [0.29, 0.717) is 48.6 Å². The minimum absolute atomic E-state index is 0.0884. The Morgan fingerprint density at radius 1 is 0.820 bits per heavy atom. The molecule has 6 rings (SSSR count). The Balaban J connectivity index is 0.000000202. The molecule has 50 heavy (non-hydrogen) atoms. The number of carbonyl (C=O) groups is 3. The molecular formula is C40H48Br2N2O6. The Morgan fingerprint density at radius 3 is 1.74 bits per heavy atom. The molecule has 2 aromatic rings. The lowest BCUT2D eigenvalue weighted by Gasteiger charge is -2.25. The van der Waals surface area contributed by atoms with E-state index >= 15 is 0 Å². The Morgan fingerprint density at radius 2 is 1.28 bits per heavy atom. The fourth-order valence-corrected chi connectivity index (χ4v) is 8.75. The Hall–Kier alpha value is -3.33. The summed E-state index contributed by atoms with van der Waals surface area (Å²) in [6.07, 6.45) is 9.92. The molecule has 0 bridgehead atoms. The molecule has 0 saturated heterocycles. The second-order valence-electron chi connectivity index (χ2n) is 13.8. The summed E-state index contributed by atoms with van der Waals surface area (Å²) in [6, 6.07) is 7.98. The van der Waals surface area contributed by atoms with Crippen molar-refractivity contribution in [3.63, 3.8) is 0 Å². The van der Waals surface area contributed by atoms with Gasteiger partial charge in [0.05, 0.1) is 11.1 Å². The van der Waals surface area contributed by atoms with E-state index in [4.69, 9.17) is 9.53 Å². The number of halogens is 2. The van der Waals surface area contributed by atoms with Crippen LogP contribution >= 0.6 is 31.9 Å². The summed E-state index contributed by atoms with van der Waals surface area (Å²) in [5, 5.41) is 13.4. The zero-order valence-corrected chi connectivity index (χ0v) is 33.2. The fourth-order valence-electron chi connectivity index (χ4n) is 8.09. The van der Waals surface area contributed by atoms with E-state index in [2.05, 4.69) is 42.2 Å². The molecule has 8 nitrogen and oxygen atoms in total. The van der Waals surface area contributed by atoms with E-state index in [9.17, 15) is 19.5 Å². The van der Waals surface area contributed by atoms with Gasteiger partial charge in [0, 0.05) is 45.7 Å². The number of carbonyl (C=O) groups excluding carboxylic acids is 4. The highest BCUT2D eigenvalue weighted by molar-refractivity contribution is 9.10. The normalized spacial score (nSPS) is 18.6. The van der Waals surface area contributed by atoms with E-state index in [-0.39, 0.29) is 22.4 Å². The predicted octanol–water partition coefficient (Wildman–Crippen LogP) is 10.3. The van der Waals surface area contributed by atoms with Crippen LogP contribution in [0.25, 0.3) is 11.1 Å². The van der Waals surface area contributed by atoms with E-state index in [1.165, 1.54) is 6.08 Å². The SMILES string of the molecule is CCN=C=O.CCNC(=O)OC1=C(c2c(C)ccc(Br)c2C)C(=O)CC12CCCC2.Cc1ccc(Br)c(C)c1C1=C(O)C2(CCCC2)CC1=O. The van der Waals surface area contributed by atoms with Crippen molar-refractivity contribution in [3.8, 4) is 0 Å². The fraction of sp³-hybridized carbons (Fsp3) is 0.500. The van der Waals surface area contributed by atoms with E-state index < -0.39 is 6.09 Å². The van der Waals surface area contributed by atoms with Gasteiger partial charge in [0.1, 0.15) is 11.5 Å². The monoisotopic (exact) mass is 810 g/mol. The minimum atomic E-state index is -0.471. The lowest BCUT2D eigenvalue weighted by molar-refractivity contribution is -0.115. The first-order chi connectivity index (χ1) is 23.8. The molecule has 1 amide bonds. The summed E-state index contributed by atoms with van der Waals surface area (Å²) in [5.74, 6) is 1.13. The van der Waals surface area contributed by atoms with Gasteiger partial charge in [0.15, 0.2) is 11.6 Å². The molecule has 2 fully saturated rings. The molecule has 2 saturated carbocycles. The number of allylic oxidation sites excluding steroid dienone is 4. The molecule has 0 aliphatic heterocycles. The summed E-state index contributed by atoms with van der Waals surface area (Å²) in [6.45, 7) is 12.7. The van der Waals surface area contributed by atoms with Crippen molar-refractivity contribution in [1.82, 2.24) is 5.32 Å². The molecule has 10 heteroatoms. The number of Topliss-reactive ketones (excluding diaryl/α,β-unsaturated/α-hetero) is 2. The third-order valence-corrected chi connectivity index (χ3v) is 12.3. The van der Waals surface area contributed by atoms with Crippen LogP contribution in [0.15, 0.2) is 49.7 Å². The molecule has 4 aliphatic rings. The highest BCUT2D eigenvalue weighted by atomic mass is 79.9. The van der Waals surface area contributed by atoms with Crippen molar-refractivity contribution >= 4 is 66.7 Å². The molecule has 0 aromatic heterocycles. The first-order valence-electron chi connectivity index (χ1n) is 17.5. The van der Waals surface area contributed by atoms with Crippen LogP contribution in [0.5, 0.6) is 0 Å². The number of hydrogen-bond acceptors (Lipinski definition) is 7. The maximum atomic E-state index is 13.0. The zero-order chi connectivity index (χ0) is 36.8. The van der Waals surface area contributed by atoms with Gasteiger partial charge < -0.3 is 15.2 Å². The van der Waals surface area contributed by atoms with Crippen LogP contribution < -0.4 is 5.32 Å². The van der Waals surface area contributed by atoms with Crippen LogP contribution in [0.3, 0.4) is 0 Å². The average molecular weight is 813 g/mol. The number of alkyl carbamates (subject to hydrolysis) is 1. The van der Waals surface area contributed by atoms with Crippen molar-refractivity contribution in [2.75, 3.05) is 13.1 Å². The lowest BCUT2D eigenvalue weighted by atomic mass is 9.84. The molecule has 2 aromatic carbocycles. The van der Waals surface area contributed by atoms with Crippen LogP contribution in [-0.4, -0.2) is 41.9 Å². The predicted molar refractivity (Wildman–Crippen MR) is 204 cm³/mol. The highest BCUT2D eigenvalue weighted by Gasteiger charge is 2.51. The van der Waals surface area contributed by atoms with Gasteiger partial charge in [-0.15, -0.1) is 0 Å². The van der Waals surface area contributed by atoms with Crippen molar-refractivity contribution in [1.29, 1.82) is 0 Å². The Bertz CT molecular complexity index is 1770. The molecule has 4 aliphatic carbocycles. The Labute approximate surface area is 312 Å². The van der Waals surface area contributed by atoms with Crippen molar-refractivity contribution in [2.24, 2.45) is 15.8 Å². The Kier molecular flexibility index (Phi) is 13.3. The first-order valence-corrected chi connectivity index (χ1v) is 19.1. The van der Waals surface area contributed by atoms with Crippen LogP contribution in [-0.2, 0) is 19.1 Å². The lowest BCUT2D eigenvalue weighted by Crippen LogP contribution is -2.28. The van der Waals surface area contributed by atoms with Gasteiger partial charge in [-0.3, -0.25) is 9.59 Å². The van der Waals surface area contributed by atoms with Gasteiger partial charge in [-0.2, -0.15) is 0 Å². The number of aliphatic hydroxyl groups excluding tert-OH is 1. The molecule has 0 atom stereocenters. The van der Waals surface area contributed by atoms with Crippen LogP contribution in [0.2, 0.25) is 0 Å². The number of nitrogens with zero attached hydrogens (tertiary/aromatic N) is 1. The number of isocyanates is 1. The number of rotatable bonds is 5. The molecule has 0 radical (unpaired) electrons. The zero-order valence-electron chi connectivity index (χ0n) is 30.0. The maximum absolute atomic E-state index is 13.0. The van der Waals surface area contributed by atoms with Crippen molar-refractivity contribution in [2.45, 2.75) is 106 Å². The highest BCUT2D eigenvalue weighted by Crippen LogP contribution is 2.56. The van der Waals surface area contributed by atoms with Crippen LogP contribution in [0.4, 0.5) is 4.79 Å². The number of nitrogens with one attached hydrogen (secondary N) is 1. The second kappa shape index (κ2) is 16.8. The molecule has 2 spiro atoms. The summed E-state index contributed by atoms with van der Waals surface area (Å²) < 4.78 is 7.71. The summed E-state index contributed by atoms with van der Waals surface area (Å²) in [4.78, 5) is 50.0. The second-order valence-corrected chi connectivity index (χ2v) is 15.5. The number of aryl methyl sites for hydroxylation is 2. The molecule has 268 valence electrons. The average Bonchev–Trinajstić information content (AvgIpc) is 3.85. The summed E-state index contributed by atoms with van der Waals surface area (Å²) in [5.41, 5.74) is 6.56. The minimum Gasteiger partial charge on any atom is -0.511 e. The third kappa shape index (κ3) is 7.93. The van der Waals surface area contributed by atoms with Crippen LogP contribution in [0, 0.1) is 38.5 Å². The molecule has 2 N–H and O–H groups in total. The number of benzene rings is 2. The van der Waals surface area contributed by atoms with Crippen LogP contribution in [0.1, 0.15) is 111 Å². The van der Waals surface area contributed by atoms with Gasteiger partial charge in [0.2, 0.25) is 6.08 Å². The van der Waals surface area contributed by atoms with Gasteiger partial charge in [0.25, 0.3) is 0 Å². The maximum Gasteiger partial charge on any atom is 0.412 e. The topological polar surface area (TPSA) is 122 Å². The number of aliphatic hydroxyl groups is 1. The molecule has 0 unspecified atom stereocenters. The van der Waals surface area contributed by atoms with Crippen molar-refractivity contribution in [3.05, 3.63) is 78.1 Å². The third-order valence-electron chi connectivity index (χ3n) is 10.6. The van der Waals surface area contributed by atoms with Crippen molar-refractivity contribution < 1.29 is 29.0 Å². The van der Waals surface area contributed by atoms with E-state index in [1.54, 1.807) is 6.92 Å². The summed E-state index contributed by atoms with van der Waals surface area (Å²) in [7, 11) is 0. The number of aliphatic imine (C=N–C) groups is 1. The quantitative estimate of drug-likeness (QED) is 0.229. The van der Waals surface area contributed by atoms with E-state index in [1.807, 2.05) is 58.9 Å².